The smallest absolute Gasteiger partial charge is 0.240 e. The number of hydrogen-bond donors (Lipinski definition) is 3. The van der Waals surface area contributed by atoms with Gasteiger partial charge in [0.05, 0.1) is 18.1 Å². The number of carbonyl (C=O) groups is 1. The maximum Gasteiger partial charge on any atom is 0.240 e. The highest BCUT2D eigenvalue weighted by Crippen LogP contribution is 2.25. The van der Waals surface area contributed by atoms with Gasteiger partial charge >= 0.3 is 0 Å². The minimum Gasteiger partial charge on any atom is -0.460 e. The number of hydrogen-bond acceptors (Lipinski definition) is 3. The molecule has 5 rings (SSSR count). The number of rotatable bonds is 8. The van der Waals surface area contributed by atoms with E-state index in [0.717, 1.165) is 38.8 Å². The van der Waals surface area contributed by atoms with Crippen molar-refractivity contribution in [2.45, 2.75) is 38.4 Å². The lowest BCUT2D eigenvalue weighted by atomic mass is 9.90. The molecule has 0 aliphatic carbocycles. The van der Waals surface area contributed by atoms with Gasteiger partial charge in [0.2, 0.25) is 5.91 Å². The van der Waals surface area contributed by atoms with Crippen LogP contribution in [0.15, 0.2) is 83.7 Å². The van der Waals surface area contributed by atoms with Gasteiger partial charge in [-0.1, -0.05) is 36.4 Å². The molecule has 0 saturated carbocycles. The molecule has 2 atom stereocenters. The molecular weight excluding hydrogens is 424 g/mol. The number of carbonyl (C=O) groups excluding carboxylic acids is 1. The first kappa shape index (κ1) is 22.0. The van der Waals surface area contributed by atoms with E-state index in [2.05, 4.69) is 27.8 Å². The third kappa shape index (κ3) is 4.37. The number of aromatic nitrogens is 2. The van der Waals surface area contributed by atoms with Crippen LogP contribution in [0.2, 0.25) is 0 Å². The van der Waals surface area contributed by atoms with E-state index in [0.29, 0.717) is 13.0 Å². The Labute approximate surface area is 199 Å². The van der Waals surface area contributed by atoms with Gasteiger partial charge in [-0.15, -0.1) is 0 Å². The summed E-state index contributed by atoms with van der Waals surface area (Å²) in [4.78, 5) is 17.0. The van der Waals surface area contributed by atoms with Crippen LogP contribution in [-0.4, -0.2) is 21.0 Å². The highest BCUT2D eigenvalue weighted by molar-refractivity contribution is 5.89. The topological polar surface area (TPSA) is 75.0 Å². The molecule has 0 saturated heterocycles. The lowest BCUT2D eigenvalue weighted by Crippen LogP contribution is -2.56. The van der Waals surface area contributed by atoms with Gasteiger partial charge in [-0.3, -0.25) is 10.1 Å². The fourth-order valence-corrected chi connectivity index (χ4v) is 4.51. The predicted octanol–water partition coefficient (Wildman–Crippen LogP) is 5.22. The molecule has 0 radical (unpaired) electrons. The number of aryl methyl sites for hydroxylation is 1. The number of H-pyrrole nitrogens is 1. The summed E-state index contributed by atoms with van der Waals surface area (Å²) in [6.07, 6.45) is 6.55. The number of nitrogens with zero attached hydrogens (tertiary/aromatic N) is 1. The molecule has 2 unspecified atom stereocenters. The third-order valence-corrected chi connectivity index (χ3v) is 6.55. The van der Waals surface area contributed by atoms with Crippen molar-refractivity contribution in [3.8, 4) is 0 Å². The van der Waals surface area contributed by atoms with Crippen molar-refractivity contribution in [3.05, 3.63) is 96.1 Å². The van der Waals surface area contributed by atoms with Crippen LogP contribution in [0.5, 0.6) is 0 Å². The van der Waals surface area contributed by atoms with Gasteiger partial charge in [-0.25, -0.2) is 0 Å². The standard InChI is InChI=1S/C28H30N4O2/c1-19(21-12-13-32(3)18-21)31-27(33)28(2,15-22-16-29-25-10-6-5-9-24(22)25)30-17-23-14-20-8-4-7-11-26(20)34-23/h4-14,16,18-19,29-30H,15,17H2,1-3H3,(H,31,33). The molecule has 34 heavy (non-hydrogen) atoms. The molecule has 3 heterocycles. The summed E-state index contributed by atoms with van der Waals surface area (Å²) in [5.74, 6) is 0.750. The van der Waals surface area contributed by atoms with Crippen LogP contribution in [0.1, 0.15) is 36.8 Å². The number of aromatic amines is 1. The zero-order chi connectivity index (χ0) is 23.7. The number of amides is 1. The van der Waals surface area contributed by atoms with Crippen LogP contribution >= 0.6 is 0 Å². The van der Waals surface area contributed by atoms with Gasteiger partial charge in [0.15, 0.2) is 0 Å². The van der Waals surface area contributed by atoms with Crippen molar-refractivity contribution in [1.82, 2.24) is 20.2 Å². The normalized spacial score (nSPS) is 14.3. The molecule has 0 spiro atoms. The average Bonchev–Trinajstić information content (AvgIpc) is 3.56. The van der Waals surface area contributed by atoms with E-state index in [1.165, 1.54) is 0 Å². The molecule has 6 heteroatoms. The molecule has 2 aromatic carbocycles. The summed E-state index contributed by atoms with van der Waals surface area (Å²) in [7, 11) is 1.98. The highest BCUT2D eigenvalue weighted by Gasteiger charge is 2.35. The van der Waals surface area contributed by atoms with Gasteiger partial charge in [0.1, 0.15) is 11.3 Å². The number of nitrogens with one attached hydrogen (secondary N) is 3. The lowest BCUT2D eigenvalue weighted by molar-refractivity contribution is -0.127. The van der Waals surface area contributed by atoms with E-state index in [9.17, 15) is 4.79 Å². The average molecular weight is 455 g/mol. The summed E-state index contributed by atoms with van der Waals surface area (Å²) in [6.45, 7) is 4.42. The molecule has 0 bridgehead atoms. The van der Waals surface area contributed by atoms with Gasteiger partial charge in [0.25, 0.3) is 0 Å². The molecule has 0 fully saturated rings. The summed E-state index contributed by atoms with van der Waals surface area (Å²) in [5, 5.41) is 8.91. The highest BCUT2D eigenvalue weighted by atomic mass is 16.3. The van der Waals surface area contributed by atoms with Crippen molar-refractivity contribution in [1.29, 1.82) is 0 Å². The Bertz CT molecular complexity index is 1410. The van der Waals surface area contributed by atoms with Crippen LogP contribution < -0.4 is 10.6 Å². The third-order valence-electron chi connectivity index (χ3n) is 6.55. The van der Waals surface area contributed by atoms with Crippen molar-refractivity contribution in [3.63, 3.8) is 0 Å². The van der Waals surface area contributed by atoms with Crippen LogP contribution in [0, 0.1) is 0 Å². The van der Waals surface area contributed by atoms with Gasteiger partial charge in [-0.2, -0.15) is 0 Å². The maximum absolute atomic E-state index is 13.7. The summed E-state index contributed by atoms with van der Waals surface area (Å²) < 4.78 is 7.99. The molecule has 1 amide bonds. The number of benzene rings is 2. The number of para-hydroxylation sites is 2. The summed E-state index contributed by atoms with van der Waals surface area (Å²) in [5.41, 5.74) is 3.22. The number of furan rings is 1. The second kappa shape index (κ2) is 8.88. The lowest BCUT2D eigenvalue weighted by Gasteiger charge is -2.31. The first-order valence-electron chi connectivity index (χ1n) is 11.6. The molecule has 174 valence electrons. The molecule has 0 aliphatic heterocycles. The second-order valence-corrected chi connectivity index (χ2v) is 9.28. The Balaban J connectivity index is 1.41. The molecular formula is C28H30N4O2. The van der Waals surface area contributed by atoms with E-state index in [4.69, 9.17) is 4.42 Å². The molecule has 5 aromatic rings. The molecule has 3 N–H and O–H groups in total. The maximum atomic E-state index is 13.7. The van der Waals surface area contributed by atoms with Gasteiger partial charge < -0.3 is 19.3 Å². The van der Waals surface area contributed by atoms with Crippen molar-refractivity contribution < 1.29 is 9.21 Å². The minimum absolute atomic E-state index is 0.0507. The fourth-order valence-electron chi connectivity index (χ4n) is 4.51. The summed E-state index contributed by atoms with van der Waals surface area (Å²) in [6, 6.07) is 20.1. The van der Waals surface area contributed by atoms with Gasteiger partial charge in [0, 0.05) is 48.3 Å². The van der Waals surface area contributed by atoms with Crippen molar-refractivity contribution in [2.75, 3.05) is 0 Å². The Morgan fingerprint density at radius 2 is 1.94 bits per heavy atom. The Morgan fingerprint density at radius 3 is 2.74 bits per heavy atom. The van der Waals surface area contributed by atoms with Crippen LogP contribution in [0.3, 0.4) is 0 Å². The SMILES string of the molecule is CC(NC(=O)C(C)(Cc1c[nH]c2ccccc12)NCc1cc2ccccc2o1)c1ccn(C)c1. The minimum atomic E-state index is -0.854. The fraction of sp³-hybridized carbons (Fsp3) is 0.250. The Hall–Kier alpha value is -3.77. The predicted molar refractivity (Wildman–Crippen MR) is 135 cm³/mol. The van der Waals surface area contributed by atoms with E-state index >= 15 is 0 Å². The van der Waals surface area contributed by atoms with Crippen molar-refractivity contribution >= 4 is 27.8 Å². The zero-order valence-electron chi connectivity index (χ0n) is 19.8. The molecule has 6 nitrogen and oxygen atoms in total. The van der Waals surface area contributed by atoms with Gasteiger partial charge in [-0.05, 0) is 49.2 Å². The van der Waals surface area contributed by atoms with Crippen molar-refractivity contribution in [2.24, 2.45) is 7.05 Å². The quantitative estimate of drug-likeness (QED) is 0.301. The molecule has 3 aromatic heterocycles. The first-order valence-corrected chi connectivity index (χ1v) is 11.6. The van der Waals surface area contributed by atoms with E-state index in [1.807, 2.05) is 92.6 Å². The Kier molecular flexibility index (Phi) is 5.75. The Morgan fingerprint density at radius 1 is 1.15 bits per heavy atom. The van der Waals surface area contributed by atoms with E-state index < -0.39 is 5.54 Å². The summed E-state index contributed by atoms with van der Waals surface area (Å²) >= 11 is 0. The van der Waals surface area contributed by atoms with Crippen LogP contribution in [0.25, 0.3) is 21.9 Å². The van der Waals surface area contributed by atoms with Crippen LogP contribution in [0.4, 0.5) is 0 Å². The first-order chi connectivity index (χ1) is 16.4. The van der Waals surface area contributed by atoms with E-state index in [1.54, 1.807) is 0 Å². The van der Waals surface area contributed by atoms with E-state index in [-0.39, 0.29) is 11.9 Å². The molecule has 0 aliphatic rings. The van der Waals surface area contributed by atoms with Crippen LogP contribution in [-0.2, 0) is 24.8 Å². The zero-order valence-corrected chi connectivity index (χ0v) is 19.8. The number of fused-ring (bicyclic) bond motifs is 2. The second-order valence-electron chi connectivity index (χ2n) is 9.28. The largest absolute Gasteiger partial charge is 0.460 e. The monoisotopic (exact) mass is 454 g/mol.